The lowest BCUT2D eigenvalue weighted by atomic mass is 9.59. The minimum atomic E-state index is -1.61. The quantitative estimate of drug-likeness (QED) is 0.472. The van der Waals surface area contributed by atoms with Crippen molar-refractivity contribution in [3.63, 3.8) is 0 Å². The Morgan fingerprint density at radius 3 is 2.34 bits per heavy atom. The van der Waals surface area contributed by atoms with Crippen LogP contribution in [0, 0.1) is 22.9 Å². The standard InChI is InChI=1S/C13H7ClF3NO2S.C7H13N/c14-8-2-1-6(3-11(8)21-20)13(19)18-7-4-9(15)12(17)10(16)5-7;1-7-4-3-6(7)8(2)5-7/h1-5,20H,(H,18,19);6H,3-5H2,1-2H3. The molecule has 2 unspecified atom stereocenters. The number of hydrogen-bond acceptors (Lipinski definition) is 4. The van der Waals surface area contributed by atoms with E-state index in [0.717, 1.165) is 11.5 Å². The summed E-state index contributed by atoms with van der Waals surface area (Å²) in [5.74, 6) is -5.12. The predicted molar refractivity (Wildman–Crippen MR) is 108 cm³/mol. The maximum Gasteiger partial charge on any atom is 0.255 e. The molecule has 156 valence electrons. The van der Waals surface area contributed by atoms with E-state index in [2.05, 4.69) is 24.2 Å². The van der Waals surface area contributed by atoms with Crippen molar-refractivity contribution in [3.8, 4) is 0 Å². The number of hydrogen-bond donors (Lipinski definition) is 2. The number of rotatable bonds is 3. The van der Waals surface area contributed by atoms with Crippen molar-refractivity contribution >= 4 is 35.2 Å². The van der Waals surface area contributed by atoms with Gasteiger partial charge in [0.1, 0.15) is 0 Å². The third-order valence-electron chi connectivity index (χ3n) is 5.47. The molecule has 4 rings (SSSR count). The maximum absolute atomic E-state index is 13.0. The number of piperidine rings is 1. The first-order chi connectivity index (χ1) is 13.6. The highest BCUT2D eigenvalue weighted by molar-refractivity contribution is 7.93. The zero-order valence-electron chi connectivity index (χ0n) is 15.8. The van der Waals surface area contributed by atoms with Gasteiger partial charge in [0.15, 0.2) is 17.5 Å². The van der Waals surface area contributed by atoms with Gasteiger partial charge in [-0.2, -0.15) is 0 Å². The van der Waals surface area contributed by atoms with Gasteiger partial charge >= 0.3 is 0 Å². The molecule has 2 aromatic carbocycles. The van der Waals surface area contributed by atoms with E-state index in [1.165, 1.54) is 37.6 Å². The van der Waals surface area contributed by atoms with Crippen molar-refractivity contribution in [1.82, 2.24) is 4.90 Å². The van der Waals surface area contributed by atoms with Gasteiger partial charge in [-0.1, -0.05) is 18.5 Å². The minimum absolute atomic E-state index is 0.112. The van der Waals surface area contributed by atoms with Crippen LogP contribution in [0.15, 0.2) is 35.2 Å². The van der Waals surface area contributed by atoms with Crippen molar-refractivity contribution in [2.75, 3.05) is 18.9 Å². The molecule has 1 saturated carbocycles. The zero-order chi connectivity index (χ0) is 21.3. The Balaban J connectivity index is 0.000000246. The summed E-state index contributed by atoms with van der Waals surface area (Å²) in [6.07, 6.45) is 2.93. The Kier molecular flexibility index (Phi) is 6.48. The molecule has 4 nitrogen and oxygen atoms in total. The Bertz CT molecular complexity index is 923. The van der Waals surface area contributed by atoms with Crippen LogP contribution in [-0.2, 0) is 0 Å². The smallest absolute Gasteiger partial charge is 0.255 e. The van der Waals surface area contributed by atoms with Crippen molar-refractivity contribution in [2.45, 2.75) is 30.7 Å². The molecule has 2 N–H and O–H groups in total. The summed E-state index contributed by atoms with van der Waals surface area (Å²) in [5.41, 5.74) is 0.639. The van der Waals surface area contributed by atoms with Crippen LogP contribution in [0.5, 0.6) is 0 Å². The van der Waals surface area contributed by atoms with Crippen LogP contribution in [0.3, 0.4) is 0 Å². The molecule has 1 amide bonds. The summed E-state index contributed by atoms with van der Waals surface area (Å²) in [6, 6.07) is 6.34. The third-order valence-corrected chi connectivity index (χ3v) is 6.45. The third kappa shape index (κ3) is 4.55. The number of carbonyl (C=O) groups is 1. The predicted octanol–water partition coefficient (Wildman–Crippen LogP) is 5.68. The summed E-state index contributed by atoms with van der Waals surface area (Å²) in [5, 5.41) is 2.47. The van der Waals surface area contributed by atoms with Crippen molar-refractivity contribution in [2.24, 2.45) is 5.41 Å². The van der Waals surface area contributed by atoms with E-state index in [1.54, 1.807) is 0 Å². The maximum atomic E-state index is 13.0. The second-order valence-electron chi connectivity index (χ2n) is 7.57. The number of fused-ring (bicyclic) bond motifs is 1. The van der Waals surface area contributed by atoms with Gasteiger partial charge in [-0.05, 0) is 43.5 Å². The summed E-state index contributed by atoms with van der Waals surface area (Å²) in [7, 11) is 2.23. The first-order valence-corrected chi connectivity index (χ1v) is 10.1. The van der Waals surface area contributed by atoms with E-state index < -0.39 is 23.4 Å². The molecule has 2 atom stereocenters. The monoisotopic (exact) mass is 444 g/mol. The van der Waals surface area contributed by atoms with E-state index in [0.29, 0.717) is 24.2 Å². The molecule has 0 aromatic heterocycles. The molecule has 2 aliphatic rings. The van der Waals surface area contributed by atoms with E-state index in [4.69, 9.17) is 16.2 Å². The molecule has 0 bridgehead atoms. The Morgan fingerprint density at radius 1 is 1.28 bits per heavy atom. The molecule has 1 aliphatic heterocycles. The molecular weight excluding hydrogens is 425 g/mol. The van der Waals surface area contributed by atoms with Crippen LogP contribution in [-0.4, -0.2) is 35.0 Å². The summed E-state index contributed by atoms with van der Waals surface area (Å²) in [4.78, 5) is 14.6. The Labute approximate surface area is 176 Å². The molecular formula is C20H20ClF3N2O2S. The molecule has 1 saturated heterocycles. The van der Waals surface area contributed by atoms with Gasteiger partial charge in [-0.3, -0.25) is 4.79 Å². The topological polar surface area (TPSA) is 52.6 Å². The minimum Gasteiger partial charge on any atom is -0.325 e. The average molecular weight is 445 g/mol. The lowest BCUT2D eigenvalue weighted by Gasteiger charge is -2.62. The number of nitrogens with zero attached hydrogens (tertiary/aromatic N) is 1. The van der Waals surface area contributed by atoms with Crippen LogP contribution in [0.2, 0.25) is 5.02 Å². The molecule has 2 aromatic rings. The van der Waals surface area contributed by atoms with E-state index in [-0.39, 0.29) is 21.2 Å². The van der Waals surface area contributed by atoms with Crippen LogP contribution >= 0.6 is 23.6 Å². The lowest BCUT2D eigenvalue weighted by Crippen LogP contribution is -2.67. The zero-order valence-corrected chi connectivity index (χ0v) is 17.4. The van der Waals surface area contributed by atoms with Gasteiger partial charge in [0.25, 0.3) is 5.91 Å². The molecule has 9 heteroatoms. The molecule has 29 heavy (non-hydrogen) atoms. The average Bonchev–Trinajstić information content (AvgIpc) is 2.66. The number of carbonyl (C=O) groups excluding carboxylic acids is 1. The van der Waals surface area contributed by atoms with E-state index in [1.807, 2.05) is 0 Å². The summed E-state index contributed by atoms with van der Waals surface area (Å²) in [6.45, 7) is 3.75. The summed E-state index contributed by atoms with van der Waals surface area (Å²) < 4.78 is 47.9. The van der Waals surface area contributed by atoms with Crippen molar-refractivity contribution < 1.29 is 22.5 Å². The molecule has 1 aliphatic carbocycles. The lowest BCUT2D eigenvalue weighted by molar-refractivity contribution is -0.122. The fourth-order valence-corrected chi connectivity index (χ4v) is 4.37. The van der Waals surface area contributed by atoms with Gasteiger partial charge in [0.2, 0.25) is 0 Å². The number of halogens is 4. The first kappa shape index (κ1) is 22.0. The Morgan fingerprint density at radius 2 is 1.93 bits per heavy atom. The van der Waals surface area contributed by atoms with Gasteiger partial charge in [0.05, 0.1) is 9.92 Å². The second-order valence-corrected chi connectivity index (χ2v) is 8.60. The molecule has 1 heterocycles. The molecule has 0 radical (unpaired) electrons. The molecule has 0 spiro atoms. The van der Waals surface area contributed by atoms with Gasteiger partial charge in [-0.25, -0.2) is 13.2 Å². The number of nitrogens with one attached hydrogen (secondary N) is 1. The molecule has 2 fully saturated rings. The highest BCUT2D eigenvalue weighted by Gasteiger charge is 2.53. The Hall–Kier alpha value is -1.74. The number of benzene rings is 2. The highest BCUT2D eigenvalue weighted by atomic mass is 35.5. The fourth-order valence-electron chi connectivity index (χ4n) is 3.82. The number of anilines is 1. The summed E-state index contributed by atoms with van der Waals surface area (Å²) >= 11 is 6.13. The van der Waals surface area contributed by atoms with E-state index in [9.17, 15) is 18.0 Å². The normalized spacial score (nSPS) is 22.5. The fraction of sp³-hybridized carbons (Fsp3) is 0.350. The SMILES string of the molecule is CN1CC2(C)CCC12.O=C(Nc1cc(F)c(F)c(F)c1)c1ccc(Cl)c(SO)c1. The highest BCUT2D eigenvalue weighted by Crippen LogP contribution is 2.51. The van der Waals surface area contributed by atoms with Crippen LogP contribution in [0.1, 0.15) is 30.1 Å². The van der Waals surface area contributed by atoms with Gasteiger partial charge < -0.3 is 14.8 Å². The van der Waals surface area contributed by atoms with Crippen molar-refractivity contribution in [1.29, 1.82) is 0 Å². The van der Waals surface area contributed by atoms with Crippen LogP contribution in [0.4, 0.5) is 18.9 Å². The number of likely N-dealkylation sites (tertiary alicyclic amines) is 1. The van der Waals surface area contributed by atoms with E-state index >= 15 is 0 Å². The first-order valence-electron chi connectivity index (χ1n) is 8.92. The van der Waals surface area contributed by atoms with Crippen LogP contribution in [0.25, 0.3) is 0 Å². The van der Waals surface area contributed by atoms with Crippen molar-refractivity contribution in [3.05, 3.63) is 58.4 Å². The van der Waals surface area contributed by atoms with Gasteiger partial charge in [0, 0.05) is 48.0 Å². The number of amides is 1. The largest absolute Gasteiger partial charge is 0.325 e. The van der Waals surface area contributed by atoms with Crippen LogP contribution < -0.4 is 5.32 Å². The second kappa shape index (κ2) is 8.55. The van der Waals surface area contributed by atoms with Gasteiger partial charge in [-0.15, -0.1) is 0 Å².